The number of phosphoric ester groups is 1. The molecule has 11 heteroatoms. The fourth-order valence-electron chi connectivity index (χ4n) is 5.20. The van der Waals surface area contributed by atoms with Crippen molar-refractivity contribution in [2.45, 2.75) is 174 Å². The number of carbonyl (C=O) groups excluding carboxylic acids is 1. The molecule has 0 radical (unpaired) electrons. The topological polar surface area (TPSA) is 155 Å². The Morgan fingerprint density at radius 1 is 0.635 bits per heavy atom. The second kappa shape index (κ2) is 37.3. The van der Waals surface area contributed by atoms with Crippen molar-refractivity contribution in [1.29, 1.82) is 0 Å². The van der Waals surface area contributed by atoms with Crippen molar-refractivity contribution in [3.8, 4) is 0 Å². The summed E-state index contributed by atoms with van der Waals surface area (Å²) in [6, 6.07) is -1.48. The number of carbonyl (C=O) groups is 2. The van der Waals surface area contributed by atoms with Crippen molar-refractivity contribution in [2.24, 2.45) is 5.73 Å². The van der Waals surface area contributed by atoms with E-state index < -0.39 is 45.1 Å². The highest BCUT2D eigenvalue weighted by atomic mass is 31.2. The van der Waals surface area contributed by atoms with Gasteiger partial charge in [0.1, 0.15) is 12.1 Å². The van der Waals surface area contributed by atoms with Crippen LogP contribution in [0.5, 0.6) is 0 Å². The number of ether oxygens (including phenoxy) is 2. The van der Waals surface area contributed by atoms with E-state index in [1.807, 2.05) is 0 Å². The summed E-state index contributed by atoms with van der Waals surface area (Å²) < 4.78 is 33.2. The molecule has 302 valence electrons. The molecule has 3 atom stereocenters. The van der Waals surface area contributed by atoms with Gasteiger partial charge in [0.15, 0.2) is 0 Å². The molecule has 52 heavy (non-hydrogen) atoms. The van der Waals surface area contributed by atoms with Gasteiger partial charge in [0.05, 0.1) is 19.8 Å². The van der Waals surface area contributed by atoms with Gasteiger partial charge in [0, 0.05) is 13.0 Å². The van der Waals surface area contributed by atoms with Crippen LogP contribution in [-0.2, 0) is 32.7 Å². The van der Waals surface area contributed by atoms with E-state index in [1.165, 1.54) is 70.6 Å². The zero-order chi connectivity index (χ0) is 38.4. The Kier molecular flexibility index (Phi) is 35.8. The maximum Gasteiger partial charge on any atom is 0.472 e. The molecule has 0 fully saturated rings. The second-order valence-electron chi connectivity index (χ2n) is 13.4. The predicted octanol–water partition coefficient (Wildman–Crippen LogP) is 10.7. The van der Waals surface area contributed by atoms with Crippen LogP contribution in [-0.4, -0.2) is 60.5 Å². The second-order valence-corrected chi connectivity index (χ2v) is 14.8. The van der Waals surface area contributed by atoms with Crippen LogP contribution in [0.25, 0.3) is 0 Å². The number of hydrogen-bond donors (Lipinski definition) is 3. The molecule has 0 heterocycles. The molecule has 0 amide bonds. The lowest BCUT2D eigenvalue weighted by Crippen LogP contribution is -2.34. The minimum Gasteiger partial charge on any atom is -0.480 e. The molecule has 0 aliphatic carbocycles. The van der Waals surface area contributed by atoms with Gasteiger partial charge in [-0.3, -0.25) is 18.6 Å². The predicted molar refractivity (Wildman–Crippen MR) is 212 cm³/mol. The Morgan fingerprint density at radius 3 is 1.69 bits per heavy atom. The molecule has 0 saturated carbocycles. The molecule has 0 spiro atoms. The first-order valence-corrected chi connectivity index (χ1v) is 21.7. The van der Waals surface area contributed by atoms with E-state index in [0.717, 1.165) is 64.2 Å². The third-order valence-electron chi connectivity index (χ3n) is 8.34. The van der Waals surface area contributed by atoms with Crippen molar-refractivity contribution in [1.82, 2.24) is 0 Å². The lowest BCUT2D eigenvalue weighted by atomic mass is 10.1. The monoisotopic (exact) mass is 756 g/mol. The number of unbranched alkanes of at least 4 members (excludes halogenated alkanes) is 16. The van der Waals surface area contributed by atoms with E-state index in [2.05, 4.69) is 62.5 Å². The summed E-state index contributed by atoms with van der Waals surface area (Å²) in [5.41, 5.74) is 5.34. The first-order chi connectivity index (χ1) is 25.2. The molecule has 0 saturated heterocycles. The van der Waals surface area contributed by atoms with Gasteiger partial charge in [-0.15, -0.1) is 0 Å². The Bertz CT molecular complexity index is 1010. The van der Waals surface area contributed by atoms with Crippen LogP contribution in [0.4, 0.5) is 0 Å². The number of carboxylic acids is 1. The number of rotatable bonds is 38. The first-order valence-electron chi connectivity index (χ1n) is 20.2. The van der Waals surface area contributed by atoms with Gasteiger partial charge in [0.2, 0.25) is 0 Å². The van der Waals surface area contributed by atoms with Gasteiger partial charge in [-0.25, -0.2) is 4.57 Å². The van der Waals surface area contributed by atoms with Gasteiger partial charge in [0.25, 0.3) is 0 Å². The van der Waals surface area contributed by atoms with E-state index in [9.17, 15) is 19.0 Å². The van der Waals surface area contributed by atoms with Gasteiger partial charge >= 0.3 is 19.8 Å². The fraction of sp³-hybridized carbons (Fsp3) is 0.756. The molecule has 3 unspecified atom stereocenters. The lowest BCUT2D eigenvalue weighted by Gasteiger charge is -2.20. The Labute approximate surface area is 316 Å². The Hall–Kier alpha value is -2.07. The third kappa shape index (κ3) is 36.3. The van der Waals surface area contributed by atoms with Crippen LogP contribution in [0.1, 0.15) is 162 Å². The zero-order valence-electron chi connectivity index (χ0n) is 32.6. The molecule has 0 aliphatic rings. The number of phosphoric acid groups is 1. The number of esters is 1. The highest BCUT2D eigenvalue weighted by Crippen LogP contribution is 2.43. The molecule has 0 aromatic rings. The van der Waals surface area contributed by atoms with Crippen LogP contribution >= 0.6 is 7.82 Å². The highest BCUT2D eigenvalue weighted by molar-refractivity contribution is 7.47. The summed E-state index contributed by atoms with van der Waals surface area (Å²) >= 11 is 0. The minimum atomic E-state index is -4.62. The molecular weight excluding hydrogens is 681 g/mol. The van der Waals surface area contributed by atoms with Gasteiger partial charge < -0.3 is 25.2 Å². The van der Waals surface area contributed by atoms with E-state index >= 15 is 0 Å². The van der Waals surface area contributed by atoms with Crippen molar-refractivity contribution in [2.75, 3.05) is 26.4 Å². The van der Waals surface area contributed by atoms with Crippen molar-refractivity contribution in [3.63, 3.8) is 0 Å². The van der Waals surface area contributed by atoms with Crippen LogP contribution in [0.15, 0.2) is 48.6 Å². The van der Waals surface area contributed by atoms with Crippen molar-refractivity contribution < 1.29 is 42.7 Å². The molecule has 4 N–H and O–H groups in total. The summed E-state index contributed by atoms with van der Waals surface area (Å²) in [5.74, 6) is -1.81. The number of aliphatic carboxylic acids is 1. The third-order valence-corrected chi connectivity index (χ3v) is 9.29. The smallest absolute Gasteiger partial charge is 0.472 e. The molecule has 0 aromatic heterocycles. The molecule has 0 rings (SSSR count). The number of nitrogens with two attached hydrogens (primary N) is 1. The maximum absolute atomic E-state index is 12.6. The van der Waals surface area contributed by atoms with Crippen molar-refractivity contribution in [3.05, 3.63) is 48.6 Å². The molecule has 0 aromatic carbocycles. The summed E-state index contributed by atoms with van der Waals surface area (Å²) in [5, 5.41) is 8.87. The van der Waals surface area contributed by atoms with Gasteiger partial charge in [-0.05, 0) is 70.6 Å². The quantitative estimate of drug-likeness (QED) is 0.0240. The molecule has 0 aliphatic heterocycles. The summed E-state index contributed by atoms with van der Waals surface area (Å²) in [6.07, 6.45) is 41.7. The highest BCUT2D eigenvalue weighted by Gasteiger charge is 2.27. The standard InChI is InChI=1S/C41H74NO9P/c1-3-5-7-9-11-13-15-17-18-19-20-22-24-26-28-30-32-34-48-35-38(36-49-52(46,47)50-37-39(42)41(44)45)51-40(43)33-31-29-27-25-23-21-16-14-12-10-8-6-4-2/h6,8,12,14,18-19,21,23,38-39H,3-5,7,9-11,13,15-17,20,22,24-37,42H2,1-2H3,(H,44,45)(H,46,47)/b8-6-,14-12-,19-18-,23-21-. The summed E-state index contributed by atoms with van der Waals surface area (Å²) in [6.45, 7) is 3.70. The Balaban J connectivity index is 4.32. The van der Waals surface area contributed by atoms with Gasteiger partial charge in [-0.2, -0.15) is 0 Å². The maximum atomic E-state index is 12.6. The van der Waals surface area contributed by atoms with Crippen molar-refractivity contribution >= 4 is 19.8 Å². The largest absolute Gasteiger partial charge is 0.480 e. The minimum absolute atomic E-state index is 0.000294. The van der Waals surface area contributed by atoms with Crippen LogP contribution in [0.2, 0.25) is 0 Å². The average molecular weight is 756 g/mol. The van der Waals surface area contributed by atoms with Crippen LogP contribution < -0.4 is 5.73 Å². The Morgan fingerprint density at radius 2 is 1.12 bits per heavy atom. The van der Waals surface area contributed by atoms with Crippen LogP contribution in [0.3, 0.4) is 0 Å². The van der Waals surface area contributed by atoms with E-state index in [1.54, 1.807) is 0 Å². The summed E-state index contributed by atoms with van der Waals surface area (Å²) in [7, 11) is -4.62. The fourth-order valence-corrected chi connectivity index (χ4v) is 5.98. The van der Waals surface area contributed by atoms with E-state index in [4.69, 9.17) is 29.4 Å². The number of hydrogen-bond acceptors (Lipinski definition) is 8. The number of allylic oxidation sites excluding steroid dienone is 8. The molecule has 10 nitrogen and oxygen atoms in total. The SMILES string of the molecule is CC/C=C\C/C=C\C/C=C\CCCCCC(=O)OC(COCCCCCCCC/C=C\CCCCCCCCC)COP(=O)(O)OCC(N)C(=O)O. The normalized spacial score (nSPS) is 14.5. The lowest BCUT2D eigenvalue weighted by molar-refractivity contribution is -0.154. The molecular formula is C41H74NO9P. The summed E-state index contributed by atoms with van der Waals surface area (Å²) in [4.78, 5) is 33.4. The van der Waals surface area contributed by atoms with E-state index in [-0.39, 0.29) is 13.0 Å². The van der Waals surface area contributed by atoms with Crippen LogP contribution in [0, 0.1) is 0 Å². The van der Waals surface area contributed by atoms with Gasteiger partial charge in [-0.1, -0.05) is 133 Å². The average Bonchev–Trinajstić information content (AvgIpc) is 3.12. The first kappa shape index (κ1) is 49.9. The zero-order valence-corrected chi connectivity index (χ0v) is 33.5. The number of carboxylic acid groups (broad SMARTS) is 1. The molecule has 0 bridgehead atoms. The van der Waals surface area contributed by atoms with E-state index in [0.29, 0.717) is 13.0 Å².